The SMILES string of the molecule is Cn1c(Sc2ccc(C(F)(F)F)nn2)nc2scc(-c3cccs3)c2c1=O. The molecule has 27 heavy (non-hydrogen) atoms. The number of hydrogen-bond donors (Lipinski definition) is 0. The highest BCUT2D eigenvalue weighted by Gasteiger charge is 2.33. The summed E-state index contributed by atoms with van der Waals surface area (Å²) in [6.07, 6.45) is -4.55. The Bertz CT molecular complexity index is 1160. The van der Waals surface area contributed by atoms with E-state index in [1.807, 2.05) is 22.9 Å². The van der Waals surface area contributed by atoms with Gasteiger partial charge in [0.25, 0.3) is 5.56 Å². The molecule has 0 aliphatic carbocycles. The number of aromatic nitrogens is 4. The van der Waals surface area contributed by atoms with Crippen molar-refractivity contribution >= 4 is 44.7 Å². The molecule has 0 atom stereocenters. The monoisotopic (exact) mass is 426 g/mol. The maximum Gasteiger partial charge on any atom is 0.435 e. The first kappa shape index (κ1) is 18.1. The first-order chi connectivity index (χ1) is 12.8. The smallest absolute Gasteiger partial charge is 0.290 e. The van der Waals surface area contributed by atoms with Crippen molar-refractivity contribution in [1.82, 2.24) is 19.7 Å². The van der Waals surface area contributed by atoms with Gasteiger partial charge in [0.05, 0.1) is 5.39 Å². The predicted octanol–water partition coefficient (Wildman–Crippen LogP) is 4.68. The number of thiophene rings is 2. The van der Waals surface area contributed by atoms with Gasteiger partial charge in [-0.25, -0.2) is 4.98 Å². The van der Waals surface area contributed by atoms with Crippen LogP contribution in [0.2, 0.25) is 0 Å². The van der Waals surface area contributed by atoms with Crippen molar-refractivity contribution in [2.24, 2.45) is 7.05 Å². The molecule has 11 heteroatoms. The predicted molar refractivity (Wildman–Crippen MR) is 99.3 cm³/mol. The van der Waals surface area contributed by atoms with Crippen LogP contribution in [-0.4, -0.2) is 19.7 Å². The number of nitrogens with zero attached hydrogens (tertiary/aromatic N) is 4. The topological polar surface area (TPSA) is 60.7 Å². The highest BCUT2D eigenvalue weighted by atomic mass is 32.2. The number of alkyl halides is 3. The molecule has 4 aromatic heterocycles. The van der Waals surface area contributed by atoms with Crippen molar-refractivity contribution < 1.29 is 13.2 Å². The lowest BCUT2D eigenvalue weighted by Gasteiger charge is -2.08. The molecule has 5 nitrogen and oxygen atoms in total. The van der Waals surface area contributed by atoms with Crippen molar-refractivity contribution in [3.8, 4) is 10.4 Å². The second-order valence-corrected chi connectivity index (χ2v) is 8.22. The summed E-state index contributed by atoms with van der Waals surface area (Å²) in [5, 5.41) is 11.7. The molecule has 0 saturated heterocycles. The van der Waals surface area contributed by atoms with E-state index in [1.165, 1.54) is 33.3 Å². The standard InChI is InChI=1S/C16H9F3N4OS3/c1-23-14(24)12-8(9-3-2-6-25-9)7-26-13(12)20-15(23)27-11-5-4-10(21-22-11)16(17,18)19/h2-7H,1H3. The molecule has 0 amide bonds. The van der Waals surface area contributed by atoms with Crippen molar-refractivity contribution in [3.05, 3.63) is 51.1 Å². The quantitative estimate of drug-likeness (QED) is 0.445. The fraction of sp³-hybridized carbons (Fsp3) is 0.125. The lowest BCUT2D eigenvalue weighted by molar-refractivity contribution is -0.141. The molecule has 0 aliphatic rings. The Morgan fingerprint density at radius 2 is 1.96 bits per heavy atom. The number of halogens is 3. The summed E-state index contributed by atoms with van der Waals surface area (Å²) in [5.41, 5.74) is -0.445. The molecule has 0 radical (unpaired) electrons. The minimum absolute atomic E-state index is 0.216. The normalized spacial score (nSPS) is 12.0. The minimum atomic E-state index is -4.55. The van der Waals surface area contributed by atoms with Crippen LogP contribution in [0.5, 0.6) is 0 Å². The van der Waals surface area contributed by atoms with E-state index in [1.54, 1.807) is 7.05 Å². The summed E-state index contributed by atoms with van der Waals surface area (Å²) < 4.78 is 39.1. The highest BCUT2D eigenvalue weighted by molar-refractivity contribution is 7.99. The van der Waals surface area contributed by atoms with Crippen LogP contribution in [0.15, 0.2) is 50.0 Å². The summed E-state index contributed by atoms with van der Waals surface area (Å²) >= 11 is 3.87. The Morgan fingerprint density at radius 3 is 2.59 bits per heavy atom. The molecule has 4 rings (SSSR count). The van der Waals surface area contributed by atoms with Crippen molar-refractivity contribution in [2.75, 3.05) is 0 Å². The minimum Gasteiger partial charge on any atom is -0.290 e. The van der Waals surface area contributed by atoms with Gasteiger partial charge in [-0.2, -0.15) is 13.2 Å². The molecule has 0 bridgehead atoms. The van der Waals surface area contributed by atoms with Crippen molar-refractivity contribution in [3.63, 3.8) is 0 Å². The molecular formula is C16H9F3N4OS3. The lowest BCUT2D eigenvalue weighted by Crippen LogP contribution is -2.19. The van der Waals surface area contributed by atoms with Crippen LogP contribution in [-0.2, 0) is 13.2 Å². The fourth-order valence-electron chi connectivity index (χ4n) is 2.38. The average Bonchev–Trinajstić information content (AvgIpc) is 3.28. The first-order valence-electron chi connectivity index (χ1n) is 7.45. The van der Waals surface area contributed by atoms with Gasteiger partial charge >= 0.3 is 6.18 Å². The van der Waals surface area contributed by atoms with Gasteiger partial charge in [-0.3, -0.25) is 9.36 Å². The highest BCUT2D eigenvalue weighted by Crippen LogP contribution is 2.35. The zero-order chi connectivity index (χ0) is 19.2. The zero-order valence-corrected chi connectivity index (χ0v) is 16.0. The van der Waals surface area contributed by atoms with Crippen LogP contribution in [0.4, 0.5) is 13.2 Å². The Balaban J connectivity index is 1.73. The summed E-state index contributed by atoms with van der Waals surface area (Å²) in [7, 11) is 1.57. The Labute approximate surface area is 162 Å². The van der Waals surface area contributed by atoms with Gasteiger partial charge in [0.2, 0.25) is 0 Å². The van der Waals surface area contributed by atoms with Crippen LogP contribution in [0.3, 0.4) is 0 Å². The Morgan fingerprint density at radius 1 is 1.15 bits per heavy atom. The van der Waals surface area contributed by atoms with Gasteiger partial charge in [0.15, 0.2) is 10.9 Å². The Kier molecular flexibility index (Phi) is 4.52. The van der Waals surface area contributed by atoms with E-state index in [-0.39, 0.29) is 10.6 Å². The summed E-state index contributed by atoms with van der Waals surface area (Å²) in [6.45, 7) is 0. The van der Waals surface area contributed by atoms with E-state index >= 15 is 0 Å². The van der Waals surface area contributed by atoms with E-state index in [0.717, 1.165) is 28.3 Å². The van der Waals surface area contributed by atoms with Gasteiger partial charge < -0.3 is 0 Å². The number of fused-ring (bicyclic) bond motifs is 1. The maximum absolute atomic E-state index is 12.8. The number of hydrogen-bond acceptors (Lipinski definition) is 7. The summed E-state index contributed by atoms with van der Waals surface area (Å²) in [5.74, 6) is 0. The maximum atomic E-state index is 12.8. The molecule has 138 valence electrons. The van der Waals surface area contributed by atoms with E-state index in [0.29, 0.717) is 15.4 Å². The average molecular weight is 426 g/mol. The molecule has 0 aliphatic heterocycles. The summed E-state index contributed by atoms with van der Waals surface area (Å²) in [6, 6.07) is 5.91. The molecule has 0 fully saturated rings. The summed E-state index contributed by atoms with van der Waals surface area (Å²) in [4.78, 5) is 18.9. The molecule has 0 aromatic carbocycles. The third kappa shape index (κ3) is 3.37. The zero-order valence-electron chi connectivity index (χ0n) is 13.5. The van der Waals surface area contributed by atoms with Gasteiger partial charge in [0, 0.05) is 22.9 Å². The molecule has 0 N–H and O–H groups in total. The van der Waals surface area contributed by atoms with Crippen LogP contribution >= 0.6 is 34.4 Å². The van der Waals surface area contributed by atoms with Gasteiger partial charge in [-0.05, 0) is 35.3 Å². The Hall–Kier alpha value is -2.24. The second-order valence-electron chi connectivity index (χ2n) is 5.42. The van der Waals surface area contributed by atoms with E-state index in [2.05, 4.69) is 15.2 Å². The van der Waals surface area contributed by atoms with E-state index < -0.39 is 11.9 Å². The third-order valence-corrected chi connectivity index (χ3v) is 6.44. The molecule has 0 saturated carbocycles. The molecular weight excluding hydrogens is 417 g/mol. The van der Waals surface area contributed by atoms with Crippen molar-refractivity contribution in [2.45, 2.75) is 16.4 Å². The molecule has 0 spiro atoms. The largest absolute Gasteiger partial charge is 0.435 e. The first-order valence-corrected chi connectivity index (χ1v) is 10.0. The van der Waals surface area contributed by atoms with Crippen LogP contribution in [0, 0.1) is 0 Å². The fourth-order valence-corrected chi connectivity index (χ4v) is 4.95. The second kappa shape index (κ2) is 6.73. The van der Waals surface area contributed by atoms with Crippen LogP contribution in [0.1, 0.15) is 5.69 Å². The van der Waals surface area contributed by atoms with Gasteiger partial charge in [0.1, 0.15) is 9.86 Å². The van der Waals surface area contributed by atoms with E-state index in [9.17, 15) is 18.0 Å². The number of rotatable bonds is 3. The molecule has 0 unspecified atom stereocenters. The van der Waals surface area contributed by atoms with Gasteiger partial charge in [-0.15, -0.1) is 32.9 Å². The molecule has 4 aromatic rings. The van der Waals surface area contributed by atoms with Gasteiger partial charge in [-0.1, -0.05) is 6.07 Å². The molecule has 4 heterocycles. The van der Waals surface area contributed by atoms with E-state index in [4.69, 9.17) is 0 Å². The van der Waals surface area contributed by atoms with Crippen LogP contribution < -0.4 is 5.56 Å². The van der Waals surface area contributed by atoms with Crippen LogP contribution in [0.25, 0.3) is 20.7 Å². The lowest BCUT2D eigenvalue weighted by atomic mass is 10.2. The third-order valence-electron chi connectivity index (χ3n) is 3.69. The van der Waals surface area contributed by atoms with Crippen molar-refractivity contribution in [1.29, 1.82) is 0 Å².